The number of ether oxygens (including phenoxy) is 9. The van der Waals surface area contributed by atoms with Crippen molar-refractivity contribution < 1.29 is 73.3 Å². The summed E-state index contributed by atoms with van der Waals surface area (Å²) in [5.41, 5.74) is 11.9. The quantitative estimate of drug-likeness (QED) is 0.0209. The fourth-order valence-electron chi connectivity index (χ4n) is 14.1. The second-order valence-corrected chi connectivity index (χ2v) is 32.8. The molecule has 11 aromatic rings. The fraction of sp³-hybridized carbons (Fsp3) is 0.347. The molecule has 0 saturated carbocycles. The summed E-state index contributed by atoms with van der Waals surface area (Å²) in [4.78, 5) is 6.20. The standard InChI is InChI=1S/C101H119N3O15/c1-14-83(105)62-112-90-42-16-70(17-43-90)98(3,4)74-24-50-94(51-25-74)116-66-87(109)68-118-96-54-28-76(29-55-96)100(7,8)72-20-46-92(47-21-72)114-64-85(107)60-103(79-34-38-81(39-35-79)104(82-40-58-89(111-13)59-41-82)80-36-32-78(33-37-80)102(11)12)61-86(108)65-115-93-48-22-73(23-49-93)101(9,10)77-30-56-97(57-31-77)119-69-88(110)67-117-95-52-26-75(27-53-95)99(5,6)71-18-44-91(45-19-71)113-63-84(106)15-2/h16-59,83-88,105-110H,14-15,60-69H2,1-13H3. The average molecular weight is 1620 g/mol. The summed E-state index contributed by atoms with van der Waals surface area (Å²) in [5, 5.41) is 65.4. The highest BCUT2D eigenvalue weighted by Crippen LogP contribution is 2.41. The Morgan fingerprint density at radius 1 is 0.235 bits per heavy atom. The first-order valence-corrected chi connectivity index (χ1v) is 41.1. The van der Waals surface area contributed by atoms with Crippen LogP contribution < -0.4 is 57.3 Å². The van der Waals surface area contributed by atoms with Crippen molar-refractivity contribution in [3.8, 4) is 51.7 Å². The van der Waals surface area contributed by atoms with Gasteiger partial charge >= 0.3 is 0 Å². The number of hydrogen-bond acceptors (Lipinski definition) is 18. The van der Waals surface area contributed by atoms with E-state index in [1.54, 1.807) is 7.11 Å². The Balaban J connectivity index is 0.670. The third-order valence-corrected chi connectivity index (χ3v) is 22.4. The van der Waals surface area contributed by atoms with E-state index in [-0.39, 0.29) is 76.8 Å². The van der Waals surface area contributed by atoms with Crippen LogP contribution in [0.1, 0.15) is 127 Å². The van der Waals surface area contributed by atoms with Crippen LogP contribution >= 0.6 is 0 Å². The largest absolute Gasteiger partial charge is 0.497 e. The summed E-state index contributed by atoms with van der Waals surface area (Å²) < 4.78 is 53.6. The molecule has 6 unspecified atom stereocenters. The molecule has 0 bridgehead atoms. The van der Waals surface area contributed by atoms with Gasteiger partial charge in [0.1, 0.15) is 129 Å². The molecule has 0 heterocycles. The fourth-order valence-corrected chi connectivity index (χ4v) is 14.1. The number of anilines is 5. The van der Waals surface area contributed by atoms with Gasteiger partial charge in [-0.1, -0.05) is 166 Å². The number of benzene rings is 11. The van der Waals surface area contributed by atoms with E-state index >= 15 is 0 Å². The summed E-state index contributed by atoms with van der Waals surface area (Å²) in [5.74, 6) is 5.91. The minimum absolute atomic E-state index is 0.0198. The molecular weight excluding hydrogens is 1500 g/mol. The first kappa shape index (κ1) is 88.6. The Labute approximate surface area is 703 Å². The van der Waals surface area contributed by atoms with Crippen LogP contribution in [0, 0.1) is 0 Å². The normalized spacial score (nSPS) is 13.4. The second-order valence-electron chi connectivity index (χ2n) is 32.8. The lowest BCUT2D eigenvalue weighted by atomic mass is 9.78. The van der Waals surface area contributed by atoms with E-state index in [4.69, 9.17) is 42.6 Å². The van der Waals surface area contributed by atoms with Crippen LogP contribution in [0.15, 0.2) is 267 Å². The van der Waals surface area contributed by atoms with E-state index in [0.717, 1.165) is 90.2 Å². The minimum atomic E-state index is -0.972. The maximum absolute atomic E-state index is 11.9. The SMILES string of the molecule is CCC(O)COc1ccc(C(C)(C)c2ccc(OCC(O)COc3ccc(C(C)(C)c4ccc(OCC(O)CN(CC(O)COc5ccc(C(C)(C)c6ccc(OCC(O)COc7ccc(C(C)(C)c8ccc(OCC(O)CC)cc8)cc7)cc6)cc5)c5ccc(N(c6ccc(OC)cc6)c6ccc(N(C)C)cc6)cc5)cc4)cc3)cc2)cc1. The van der Waals surface area contributed by atoms with Crippen molar-refractivity contribution >= 4 is 28.4 Å². The molecule has 0 spiro atoms. The van der Waals surface area contributed by atoms with E-state index < -0.39 is 47.5 Å². The van der Waals surface area contributed by atoms with Gasteiger partial charge in [-0.3, -0.25) is 0 Å². The topological polar surface area (TPSA) is 214 Å². The molecule has 0 aromatic heterocycles. The zero-order valence-electron chi connectivity index (χ0n) is 71.1. The number of rotatable bonds is 44. The Bertz CT molecular complexity index is 4620. The highest BCUT2D eigenvalue weighted by Gasteiger charge is 2.29. The lowest BCUT2D eigenvalue weighted by Gasteiger charge is -2.31. The van der Waals surface area contributed by atoms with Crippen LogP contribution in [-0.4, -0.2) is 154 Å². The highest BCUT2D eigenvalue weighted by atomic mass is 16.5. The second kappa shape index (κ2) is 41.0. The van der Waals surface area contributed by atoms with Crippen molar-refractivity contribution in [2.45, 2.75) is 140 Å². The molecule has 119 heavy (non-hydrogen) atoms. The number of aliphatic hydroxyl groups excluding tert-OH is 6. The third-order valence-electron chi connectivity index (χ3n) is 22.4. The summed E-state index contributed by atoms with van der Waals surface area (Å²) in [7, 11) is 5.69. The van der Waals surface area contributed by atoms with Crippen molar-refractivity contribution in [2.24, 2.45) is 0 Å². The number of nitrogens with zero attached hydrogens (tertiary/aromatic N) is 3. The van der Waals surface area contributed by atoms with E-state index in [1.165, 1.54) is 0 Å². The zero-order valence-corrected chi connectivity index (χ0v) is 71.1. The van der Waals surface area contributed by atoms with Crippen LogP contribution in [0.3, 0.4) is 0 Å². The molecule has 0 aliphatic heterocycles. The average Bonchev–Trinajstić information content (AvgIpc) is 0.821. The Morgan fingerprint density at radius 3 is 0.613 bits per heavy atom. The van der Waals surface area contributed by atoms with Gasteiger partial charge in [0.25, 0.3) is 0 Å². The van der Waals surface area contributed by atoms with Gasteiger partial charge in [0, 0.05) is 77.3 Å². The predicted molar refractivity (Wildman–Crippen MR) is 475 cm³/mol. The molecule has 11 aromatic carbocycles. The molecule has 6 N–H and O–H groups in total. The molecule has 0 radical (unpaired) electrons. The van der Waals surface area contributed by atoms with Gasteiger partial charge in [0.15, 0.2) is 0 Å². The molecular formula is C101H119N3O15. The van der Waals surface area contributed by atoms with Crippen LogP contribution in [0.5, 0.6) is 51.7 Å². The summed E-state index contributed by atoms with van der Waals surface area (Å²) >= 11 is 0. The molecule has 0 saturated heterocycles. The Morgan fingerprint density at radius 2 is 0.412 bits per heavy atom. The van der Waals surface area contributed by atoms with Gasteiger partial charge in [0.2, 0.25) is 0 Å². The molecule has 0 fully saturated rings. The van der Waals surface area contributed by atoms with Crippen LogP contribution in [-0.2, 0) is 21.7 Å². The highest BCUT2D eigenvalue weighted by molar-refractivity contribution is 5.78. The molecule has 0 amide bonds. The van der Waals surface area contributed by atoms with Crippen molar-refractivity contribution in [3.63, 3.8) is 0 Å². The predicted octanol–water partition coefficient (Wildman–Crippen LogP) is 18.2. The van der Waals surface area contributed by atoms with Crippen molar-refractivity contribution in [1.82, 2.24) is 0 Å². The summed E-state index contributed by atoms with van der Waals surface area (Å²) in [6, 6.07) is 87.7. The molecule has 0 aliphatic rings. The van der Waals surface area contributed by atoms with E-state index in [1.807, 2.05) is 251 Å². The lowest BCUT2D eigenvalue weighted by Crippen LogP contribution is -2.41. The summed E-state index contributed by atoms with van der Waals surface area (Å²) in [6.45, 7) is 22.1. The first-order chi connectivity index (χ1) is 57.1. The van der Waals surface area contributed by atoms with Crippen LogP contribution in [0.2, 0.25) is 0 Å². The van der Waals surface area contributed by atoms with Crippen LogP contribution in [0.25, 0.3) is 0 Å². The maximum atomic E-state index is 11.9. The maximum Gasteiger partial charge on any atom is 0.122 e. The Kier molecular flexibility index (Phi) is 30.5. The molecule has 628 valence electrons. The van der Waals surface area contributed by atoms with Crippen LogP contribution in [0.4, 0.5) is 28.4 Å². The van der Waals surface area contributed by atoms with Gasteiger partial charge in [-0.05, 0) is 227 Å². The van der Waals surface area contributed by atoms with Crippen molar-refractivity contribution in [1.29, 1.82) is 0 Å². The molecule has 18 heteroatoms. The molecule has 6 atom stereocenters. The van der Waals surface area contributed by atoms with E-state index in [0.29, 0.717) is 47.3 Å². The smallest absolute Gasteiger partial charge is 0.122 e. The monoisotopic (exact) mass is 1610 g/mol. The number of aliphatic hydroxyl groups is 6. The lowest BCUT2D eigenvalue weighted by molar-refractivity contribution is 0.0626. The van der Waals surface area contributed by atoms with Crippen molar-refractivity contribution in [2.75, 3.05) is 102 Å². The Hall–Kier alpha value is -11.2. The first-order valence-electron chi connectivity index (χ1n) is 41.1. The van der Waals surface area contributed by atoms with Gasteiger partial charge < -0.3 is 88.0 Å². The minimum Gasteiger partial charge on any atom is -0.497 e. The third kappa shape index (κ3) is 24.1. The number of methoxy groups -OCH3 is 1. The van der Waals surface area contributed by atoms with E-state index in [9.17, 15) is 30.6 Å². The van der Waals surface area contributed by atoms with Gasteiger partial charge in [0.05, 0.1) is 19.3 Å². The van der Waals surface area contributed by atoms with Gasteiger partial charge in [-0.15, -0.1) is 0 Å². The van der Waals surface area contributed by atoms with Gasteiger partial charge in [-0.25, -0.2) is 0 Å². The number of hydrogen-bond donors (Lipinski definition) is 6. The molecule has 11 rings (SSSR count). The molecule has 18 nitrogen and oxygen atoms in total. The molecule has 0 aliphatic carbocycles. The van der Waals surface area contributed by atoms with Gasteiger partial charge in [-0.2, -0.15) is 0 Å². The van der Waals surface area contributed by atoms with Crippen molar-refractivity contribution in [3.05, 3.63) is 311 Å². The summed E-state index contributed by atoms with van der Waals surface area (Å²) in [6.07, 6.45) is -3.39. The zero-order chi connectivity index (χ0) is 84.9. The van der Waals surface area contributed by atoms with E-state index in [2.05, 4.69) is 114 Å².